The minimum atomic E-state index is -1.39. The smallest absolute Gasteiger partial charge is 0.348 e. The van der Waals surface area contributed by atoms with Crippen molar-refractivity contribution in [1.82, 2.24) is 10.2 Å². The molecule has 3 rings (SSSR count). The molecule has 0 bridgehead atoms. The van der Waals surface area contributed by atoms with Crippen LogP contribution in [0.25, 0.3) is 0 Å². The molecule has 0 aliphatic carbocycles. The summed E-state index contributed by atoms with van der Waals surface area (Å²) in [4.78, 5) is 51.0. The molecule has 1 aromatic carbocycles. The summed E-state index contributed by atoms with van der Waals surface area (Å²) < 4.78 is 4.98. The Kier molecular flexibility index (Phi) is 6.08. The van der Waals surface area contributed by atoms with Crippen LogP contribution in [0, 0.1) is 18.3 Å². The van der Waals surface area contributed by atoms with Crippen LogP contribution in [0.15, 0.2) is 30.3 Å². The van der Waals surface area contributed by atoms with Crippen molar-refractivity contribution in [1.29, 1.82) is 5.26 Å². The lowest BCUT2D eigenvalue weighted by Crippen LogP contribution is -2.42. The molecule has 0 spiro atoms. The van der Waals surface area contributed by atoms with Gasteiger partial charge in [0.15, 0.2) is 0 Å². The molecule has 1 unspecified atom stereocenters. The molecule has 10 heteroatoms. The molecule has 0 radical (unpaired) electrons. The Morgan fingerprint density at radius 1 is 1.32 bits per heavy atom. The van der Waals surface area contributed by atoms with Crippen LogP contribution in [0.5, 0.6) is 0 Å². The molecule has 0 saturated carbocycles. The third-order valence-corrected chi connectivity index (χ3v) is 5.92. The van der Waals surface area contributed by atoms with Gasteiger partial charge in [0.25, 0.3) is 5.91 Å². The van der Waals surface area contributed by atoms with Gasteiger partial charge in [-0.15, -0.1) is 11.3 Å². The van der Waals surface area contributed by atoms with Crippen LogP contribution in [0.4, 0.5) is 9.80 Å². The molecule has 9 nitrogen and oxygen atoms in total. The van der Waals surface area contributed by atoms with Crippen LogP contribution in [-0.2, 0) is 19.9 Å². The largest absolute Gasteiger partial charge is 0.462 e. The zero-order valence-electron chi connectivity index (χ0n) is 17.1. The van der Waals surface area contributed by atoms with E-state index in [1.165, 1.54) is 13.0 Å². The highest BCUT2D eigenvalue weighted by Gasteiger charge is 2.49. The first kappa shape index (κ1) is 22.0. The van der Waals surface area contributed by atoms with Gasteiger partial charge in [0.1, 0.15) is 17.0 Å². The number of nitrogens with zero attached hydrogens (tertiary/aromatic N) is 2. The second kappa shape index (κ2) is 8.57. The third-order valence-electron chi connectivity index (χ3n) is 4.79. The summed E-state index contributed by atoms with van der Waals surface area (Å²) in [5.74, 6) is -1.66. The van der Waals surface area contributed by atoms with Gasteiger partial charge in [-0.25, -0.2) is 9.59 Å². The molecule has 160 valence electrons. The Morgan fingerprint density at radius 3 is 2.74 bits per heavy atom. The van der Waals surface area contributed by atoms with Crippen LogP contribution in [0.3, 0.4) is 0 Å². The topological polar surface area (TPSA) is 129 Å². The fraction of sp³-hybridized carbons (Fsp3) is 0.286. The minimum absolute atomic E-state index is 0.236. The minimum Gasteiger partial charge on any atom is -0.462 e. The number of urea groups is 1. The maximum absolute atomic E-state index is 13.0. The lowest BCUT2D eigenvalue weighted by atomic mass is 9.91. The summed E-state index contributed by atoms with van der Waals surface area (Å²) in [5.41, 5.74) is 0.0581. The van der Waals surface area contributed by atoms with E-state index in [1.807, 2.05) is 6.07 Å². The number of esters is 1. The van der Waals surface area contributed by atoms with Gasteiger partial charge in [-0.3, -0.25) is 14.5 Å². The van der Waals surface area contributed by atoms with Gasteiger partial charge in [0, 0.05) is 0 Å². The molecule has 2 aromatic rings. The zero-order chi connectivity index (χ0) is 22.8. The molecule has 1 aromatic heterocycles. The van der Waals surface area contributed by atoms with E-state index in [0.29, 0.717) is 26.6 Å². The molecule has 4 amide bonds. The number of thiophene rings is 1. The van der Waals surface area contributed by atoms with Crippen molar-refractivity contribution >= 4 is 40.2 Å². The SMILES string of the molecule is CCOC(=O)c1sc(NC(=O)CN2C(=O)NC(C)(c3cccc(C#N)c3)C2=O)cc1C. The summed E-state index contributed by atoms with van der Waals surface area (Å²) >= 11 is 1.06. The molecule has 2 heterocycles. The number of anilines is 1. The van der Waals surface area contributed by atoms with Gasteiger partial charge >= 0.3 is 12.0 Å². The van der Waals surface area contributed by atoms with Crippen molar-refractivity contribution in [3.8, 4) is 6.07 Å². The fourth-order valence-corrected chi connectivity index (χ4v) is 4.18. The van der Waals surface area contributed by atoms with Crippen molar-refractivity contribution < 1.29 is 23.9 Å². The molecule has 31 heavy (non-hydrogen) atoms. The highest BCUT2D eigenvalue weighted by Crippen LogP contribution is 2.30. The maximum atomic E-state index is 13.0. The quantitative estimate of drug-likeness (QED) is 0.525. The fourth-order valence-electron chi connectivity index (χ4n) is 3.20. The van der Waals surface area contributed by atoms with E-state index in [0.717, 1.165) is 16.2 Å². The third kappa shape index (κ3) is 4.27. The Balaban J connectivity index is 1.73. The lowest BCUT2D eigenvalue weighted by molar-refractivity contribution is -0.133. The lowest BCUT2D eigenvalue weighted by Gasteiger charge is -2.22. The number of carbonyl (C=O) groups is 4. The van der Waals surface area contributed by atoms with Crippen LogP contribution in [0.1, 0.15) is 40.2 Å². The molecule has 1 aliphatic heterocycles. The second-order valence-corrected chi connectivity index (χ2v) is 8.08. The molecule has 2 N–H and O–H groups in total. The molecule has 1 atom stereocenters. The first-order valence-electron chi connectivity index (χ1n) is 9.41. The number of carbonyl (C=O) groups excluding carboxylic acids is 4. The Hall–Kier alpha value is -3.71. The van der Waals surface area contributed by atoms with Gasteiger partial charge in [0.2, 0.25) is 5.91 Å². The Morgan fingerprint density at radius 2 is 2.06 bits per heavy atom. The van der Waals surface area contributed by atoms with Gasteiger partial charge < -0.3 is 15.4 Å². The number of aryl methyl sites for hydroxylation is 1. The molecular weight excluding hydrogens is 420 g/mol. The number of amides is 4. The Labute approximate surface area is 182 Å². The van der Waals surface area contributed by atoms with Crippen molar-refractivity contribution in [2.75, 3.05) is 18.5 Å². The number of nitrogens with one attached hydrogen (secondary N) is 2. The zero-order valence-corrected chi connectivity index (χ0v) is 18.0. The van der Waals surface area contributed by atoms with Crippen LogP contribution >= 0.6 is 11.3 Å². The van der Waals surface area contributed by atoms with Crippen LogP contribution < -0.4 is 10.6 Å². The first-order valence-corrected chi connectivity index (χ1v) is 10.2. The normalized spacial score (nSPS) is 17.8. The molecular formula is C21H20N4O5S. The summed E-state index contributed by atoms with van der Waals surface area (Å²) in [5, 5.41) is 14.7. The Bertz CT molecular complexity index is 1120. The van der Waals surface area contributed by atoms with Gasteiger partial charge in [-0.05, 0) is 50.1 Å². The number of imide groups is 1. The van der Waals surface area contributed by atoms with Crippen molar-refractivity contribution in [3.63, 3.8) is 0 Å². The predicted octanol–water partition coefficient (Wildman–Crippen LogP) is 2.51. The summed E-state index contributed by atoms with van der Waals surface area (Å²) in [7, 11) is 0. The average molecular weight is 440 g/mol. The van der Waals surface area contributed by atoms with Crippen molar-refractivity contribution in [2.24, 2.45) is 0 Å². The standard InChI is InChI=1S/C21H20N4O5S/c1-4-30-18(27)17-12(2)8-16(31-17)23-15(26)11-25-19(28)21(3,24-20(25)29)14-7-5-6-13(9-14)10-22/h5-9H,4,11H2,1-3H3,(H,23,26)(H,24,29). The monoisotopic (exact) mass is 440 g/mol. The van der Waals surface area contributed by atoms with E-state index < -0.39 is 35.9 Å². The number of hydrogen-bond acceptors (Lipinski definition) is 7. The van der Waals surface area contributed by atoms with Crippen LogP contribution in [0.2, 0.25) is 0 Å². The molecule has 1 aliphatic rings. The first-order chi connectivity index (χ1) is 14.7. The number of nitriles is 1. The van der Waals surface area contributed by atoms with Crippen molar-refractivity contribution in [2.45, 2.75) is 26.3 Å². The van der Waals surface area contributed by atoms with E-state index in [4.69, 9.17) is 10.00 Å². The van der Waals surface area contributed by atoms with Crippen molar-refractivity contribution in [3.05, 3.63) is 51.9 Å². The van der Waals surface area contributed by atoms with E-state index >= 15 is 0 Å². The van der Waals surface area contributed by atoms with Gasteiger partial charge in [0.05, 0.1) is 23.2 Å². The summed E-state index contributed by atoms with van der Waals surface area (Å²) in [6.07, 6.45) is 0. The molecule has 1 fully saturated rings. The summed E-state index contributed by atoms with van der Waals surface area (Å²) in [6.45, 7) is 4.68. The van der Waals surface area contributed by atoms with E-state index in [-0.39, 0.29) is 6.61 Å². The van der Waals surface area contributed by atoms with Gasteiger partial charge in [-0.2, -0.15) is 5.26 Å². The number of ether oxygens (including phenoxy) is 1. The number of hydrogen-bond donors (Lipinski definition) is 2. The highest BCUT2D eigenvalue weighted by atomic mass is 32.1. The second-order valence-electron chi connectivity index (χ2n) is 7.03. The number of rotatable bonds is 6. The molecule has 1 saturated heterocycles. The maximum Gasteiger partial charge on any atom is 0.348 e. The van der Waals surface area contributed by atoms with Crippen LogP contribution in [-0.4, -0.2) is 41.9 Å². The average Bonchev–Trinajstić information content (AvgIpc) is 3.20. The summed E-state index contributed by atoms with van der Waals surface area (Å²) in [6, 6.07) is 9.27. The predicted molar refractivity (Wildman–Crippen MR) is 112 cm³/mol. The van der Waals surface area contributed by atoms with E-state index in [2.05, 4.69) is 10.6 Å². The van der Waals surface area contributed by atoms with Gasteiger partial charge in [-0.1, -0.05) is 12.1 Å². The van der Waals surface area contributed by atoms with E-state index in [9.17, 15) is 19.2 Å². The highest BCUT2D eigenvalue weighted by molar-refractivity contribution is 7.18. The van der Waals surface area contributed by atoms with E-state index in [1.54, 1.807) is 38.1 Å². The number of benzene rings is 1.